The number of hydrogen-bond acceptors (Lipinski definition) is 21. The van der Waals surface area contributed by atoms with Crippen LogP contribution < -0.4 is 37.2 Å². The molecule has 8 amide bonds. The van der Waals surface area contributed by atoms with Crippen LogP contribution in [0.25, 0.3) is 21.3 Å². The molecule has 2 aliphatic heterocycles. The van der Waals surface area contributed by atoms with Crippen LogP contribution in [0.3, 0.4) is 0 Å². The first-order chi connectivity index (χ1) is 48.1. The Morgan fingerprint density at radius 3 is 2.35 bits per heavy atom. The lowest BCUT2D eigenvalue weighted by atomic mass is 9.48. The SMILES string of the molecule is Cc1c(Nc2nc3ccccc3s2)nnc2c1CCCN2c1ccc(-c2cnn(CC34C[C@H]5C[C@@H](C3)CC(OCCN(CC[C@H](O)CO)C(=O)OCc3ccc(NC(=O)[C@H](CCCNC(N)=O)NC(=O)[C@@H](NC(=O)CCOCCN6C(=O)C=CC6=O)C(C)C)cc3)(C5)C4)c2C)c(C(=O)O)n1. The van der Waals surface area contributed by atoms with Gasteiger partial charge in [-0.2, -0.15) is 5.10 Å². The number of thiazole rings is 1. The summed E-state index contributed by atoms with van der Waals surface area (Å²) in [5.41, 5.74) is 10.3. The smallest absolute Gasteiger partial charge is 0.410 e. The number of primary amides is 1. The number of pyridine rings is 1. The topological polar surface area (TPSA) is 390 Å². The van der Waals surface area contributed by atoms with E-state index in [2.05, 4.69) is 36.8 Å². The Hall–Kier alpha value is -9.49. The number of benzene rings is 2. The monoisotopic (exact) mass is 1390 g/mol. The zero-order valence-corrected chi connectivity index (χ0v) is 57.4. The third-order valence-corrected chi connectivity index (χ3v) is 20.5. The minimum absolute atomic E-state index is 0.0134. The van der Waals surface area contributed by atoms with Crippen molar-refractivity contribution in [1.29, 1.82) is 0 Å². The van der Waals surface area contributed by atoms with Gasteiger partial charge in [0, 0.05) is 84.9 Å². The van der Waals surface area contributed by atoms with Crippen molar-refractivity contribution in [2.45, 2.75) is 142 Å². The van der Waals surface area contributed by atoms with E-state index in [-0.39, 0.29) is 89.4 Å². The van der Waals surface area contributed by atoms with E-state index in [1.807, 2.05) is 59.8 Å². The summed E-state index contributed by atoms with van der Waals surface area (Å²) >= 11 is 1.54. The van der Waals surface area contributed by atoms with Crippen molar-refractivity contribution in [3.63, 3.8) is 0 Å². The number of carboxylic acids is 1. The number of carbonyl (C=O) groups is 8. The summed E-state index contributed by atoms with van der Waals surface area (Å²) in [6.07, 6.45) is 9.85. The maximum absolute atomic E-state index is 13.9. The molecule has 0 saturated heterocycles. The average Bonchev–Trinajstić information content (AvgIpc) is 0.782. The van der Waals surface area contributed by atoms with Gasteiger partial charge in [-0.05, 0) is 150 Å². The van der Waals surface area contributed by atoms with Gasteiger partial charge < -0.3 is 71.6 Å². The zero-order chi connectivity index (χ0) is 70.8. The number of aromatic nitrogens is 6. The molecule has 0 spiro atoms. The number of amides is 8. The van der Waals surface area contributed by atoms with Gasteiger partial charge in [0.25, 0.3) is 11.8 Å². The van der Waals surface area contributed by atoms with Crippen LogP contribution in [-0.4, -0.2) is 186 Å². The summed E-state index contributed by atoms with van der Waals surface area (Å²) in [7, 11) is 0. The molecule has 30 heteroatoms. The standard InChI is InChI=1S/C70H87N15O14S/c1-41(2)59(78-56(88)22-28-97-29-27-84-57(89)19-20-58(84)90)64(92)75-53(11-7-23-72-66(71)95)63(91)74-47-15-13-44(14-16-47)38-98-68(96)82(25-21-48(87)37-86)26-30-99-70-34-45-31-46(35-70)33-69(32-45,39-70)40-85-43(4)51(36-73-85)50-17-18-55(77-60(50)65(93)94)83-24-8-9-49-42(3)61(80-81-62(49)83)79-67-76-52-10-5-6-12-54(52)100-67/h5-6,10,12-20,36,41,45-46,48,53,59,86-87H,7-9,11,21-35,37-40H2,1-4H3,(H,74,91)(H,75,92)(H,78,88)(H,93,94)(H3,71,72,95)(H,76,79,80)/t45-,46+,48-,53-,59-,69?,70?/m0/s1. The fourth-order valence-corrected chi connectivity index (χ4v) is 15.8. The summed E-state index contributed by atoms with van der Waals surface area (Å²) in [5, 5.41) is 59.8. The second-order valence-electron chi connectivity index (χ2n) is 27.2. The van der Waals surface area contributed by atoms with Crippen molar-refractivity contribution in [2.24, 2.45) is 28.9 Å². The highest BCUT2D eigenvalue weighted by molar-refractivity contribution is 7.22. The highest BCUT2D eigenvalue weighted by Gasteiger charge is 2.58. The molecule has 4 fully saturated rings. The van der Waals surface area contributed by atoms with Gasteiger partial charge >= 0.3 is 18.1 Å². The molecule has 532 valence electrons. The van der Waals surface area contributed by atoms with Gasteiger partial charge in [0.05, 0.1) is 61.1 Å². The van der Waals surface area contributed by atoms with E-state index in [4.69, 9.17) is 35.0 Å². The molecule has 0 radical (unpaired) electrons. The molecule has 4 aliphatic carbocycles. The largest absolute Gasteiger partial charge is 0.476 e. The van der Waals surface area contributed by atoms with Gasteiger partial charge in [-0.3, -0.25) is 33.6 Å². The quantitative estimate of drug-likeness (QED) is 0.0155. The molecule has 4 saturated carbocycles. The second-order valence-corrected chi connectivity index (χ2v) is 28.2. The Morgan fingerprint density at radius 2 is 1.63 bits per heavy atom. The second kappa shape index (κ2) is 31.8. The summed E-state index contributed by atoms with van der Waals surface area (Å²) in [5.74, 6) is -1.62. The number of carboxylic acid groups (broad SMARTS) is 1. The number of nitrogens with one attached hydrogen (secondary N) is 5. The van der Waals surface area contributed by atoms with Crippen LogP contribution in [0.5, 0.6) is 0 Å². The lowest BCUT2D eigenvalue weighted by molar-refractivity contribution is -0.197. The first-order valence-corrected chi connectivity index (χ1v) is 34.9. The van der Waals surface area contributed by atoms with E-state index in [0.717, 1.165) is 88.4 Å². The number of para-hydroxylation sites is 1. The number of carbonyl (C=O) groups excluding carboxylic acids is 7. The predicted octanol–water partition coefficient (Wildman–Crippen LogP) is 6.57. The minimum Gasteiger partial charge on any atom is -0.476 e. The molecule has 4 bridgehead atoms. The third-order valence-electron chi connectivity index (χ3n) is 19.5. The number of nitrogens with two attached hydrogens (primary N) is 1. The molecule has 6 aromatic rings. The van der Waals surface area contributed by atoms with E-state index in [1.54, 1.807) is 44.3 Å². The van der Waals surface area contributed by atoms with Crippen LogP contribution in [0.2, 0.25) is 0 Å². The van der Waals surface area contributed by atoms with Crippen molar-refractivity contribution in [1.82, 2.24) is 55.7 Å². The Morgan fingerprint density at radius 1 is 0.870 bits per heavy atom. The molecule has 4 aromatic heterocycles. The fourth-order valence-electron chi connectivity index (χ4n) is 15.0. The number of aliphatic hydroxyl groups is 2. The average molecular weight is 1390 g/mol. The molecule has 100 heavy (non-hydrogen) atoms. The summed E-state index contributed by atoms with van der Waals surface area (Å²) in [4.78, 5) is 117. The number of anilines is 5. The number of aliphatic hydroxyl groups excluding tert-OH is 2. The van der Waals surface area contributed by atoms with Crippen LogP contribution in [0.1, 0.15) is 117 Å². The maximum atomic E-state index is 13.9. The first kappa shape index (κ1) is 71.8. The van der Waals surface area contributed by atoms with Gasteiger partial charge in [0.2, 0.25) is 17.7 Å². The molecule has 10 N–H and O–H groups in total. The summed E-state index contributed by atoms with van der Waals surface area (Å²) in [6.45, 7) is 8.52. The van der Waals surface area contributed by atoms with Crippen LogP contribution in [-0.2, 0) is 57.8 Å². The van der Waals surface area contributed by atoms with Gasteiger partial charge in [-0.25, -0.2) is 24.4 Å². The van der Waals surface area contributed by atoms with E-state index >= 15 is 0 Å². The van der Waals surface area contributed by atoms with E-state index < -0.39 is 83.9 Å². The van der Waals surface area contributed by atoms with Crippen molar-refractivity contribution >= 4 is 97.5 Å². The number of ether oxygens (including phenoxy) is 3. The highest BCUT2D eigenvalue weighted by Crippen LogP contribution is 2.63. The lowest BCUT2D eigenvalue weighted by Gasteiger charge is -2.61. The molecule has 29 nitrogen and oxygen atoms in total. The molecule has 2 unspecified atom stereocenters. The summed E-state index contributed by atoms with van der Waals surface area (Å²) < 4.78 is 21.3. The Labute approximate surface area is 582 Å². The highest BCUT2D eigenvalue weighted by atomic mass is 32.1. The predicted molar refractivity (Wildman–Crippen MR) is 369 cm³/mol. The van der Waals surface area contributed by atoms with E-state index in [1.165, 1.54) is 28.4 Å². The van der Waals surface area contributed by atoms with Gasteiger partial charge in [0.15, 0.2) is 22.5 Å². The van der Waals surface area contributed by atoms with Crippen LogP contribution in [0.4, 0.5) is 37.9 Å². The first-order valence-electron chi connectivity index (χ1n) is 34.1. The van der Waals surface area contributed by atoms with Crippen molar-refractivity contribution < 1.29 is 67.9 Å². The van der Waals surface area contributed by atoms with Crippen molar-refractivity contribution in [3.8, 4) is 11.1 Å². The van der Waals surface area contributed by atoms with E-state index in [9.17, 15) is 53.7 Å². The zero-order valence-electron chi connectivity index (χ0n) is 56.6. The lowest BCUT2D eigenvalue weighted by Crippen LogP contribution is -2.58. The molecular formula is C70H87N15O14S. The molecule has 6 heterocycles. The molecule has 2 aromatic carbocycles. The molecular weight excluding hydrogens is 1310 g/mol. The van der Waals surface area contributed by atoms with Gasteiger partial charge in [-0.1, -0.05) is 49.4 Å². The number of rotatable bonds is 33. The number of hydrogen-bond donors (Lipinski definition) is 9. The third kappa shape index (κ3) is 17.2. The normalized spacial score (nSPS) is 19.9. The minimum atomic E-state index is -1.16. The Bertz CT molecular complexity index is 3980. The van der Waals surface area contributed by atoms with E-state index in [0.29, 0.717) is 64.8 Å². The number of imide groups is 1. The molecule has 12 rings (SSSR count). The Kier molecular flexibility index (Phi) is 22.8. The van der Waals surface area contributed by atoms with Crippen molar-refractivity contribution in [2.75, 3.05) is 74.7 Å². The number of urea groups is 1. The van der Waals surface area contributed by atoms with Crippen molar-refractivity contribution in [3.05, 3.63) is 107 Å². The number of nitrogens with zero attached hydrogens (tertiary/aromatic N) is 9. The number of aromatic carboxylic acids is 1. The van der Waals surface area contributed by atoms with Crippen LogP contribution in [0, 0.1) is 37.0 Å². The van der Waals surface area contributed by atoms with Gasteiger partial charge in [0.1, 0.15) is 24.5 Å². The maximum Gasteiger partial charge on any atom is 0.410 e. The fraction of sp³-hybridized carbons (Fsp3) is 0.500. The molecule has 7 atom stereocenters. The van der Waals surface area contributed by atoms with Gasteiger partial charge in [-0.15, -0.1) is 10.2 Å². The molecule has 6 aliphatic rings. The summed E-state index contributed by atoms with van der Waals surface area (Å²) in [6, 6.07) is 15.2. The van der Waals surface area contributed by atoms with Crippen LogP contribution >= 0.6 is 11.3 Å². The Balaban J connectivity index is 0.684. The van der Waals surface area contributed by atoms with Crippen LogP contribution in [0.15, 0.2) is 79.0 Å². The number of fused-ring (bicyclic) bond motifs is 2.